The number of para-hydroxylation sites is 2. The second-order valence-corrected chi connectivity index (χ2v) is 5.59. The lowest BCUT2D eigenvalue weighted by Gasteiger charge is -2.09. The summed E-state index contributed by atoms with van der Waals surface area (Å²) in [6.45, 7) is 4.45. The Morgan fingerprint density at radius 1 is 1.21 bits per heavy atom. The summed E-state index contributed by atoms with van der Waals surface area (Å²) in [5.74, 6) is 1.13. The minimum absolute atomic E-state index is 0.333. The lowest BCUT2D eigenvalue weighted by Crippen LogP contribution is -2.03. The van der Waals surface area contributed by atoms with Gasteiger partial charge in [0.1, 0.15) is 17.5 Å². The average molecular weight is 317 g/mol. The molecule has 0 amide bonds. The van der Waals surface area contributed by atoms with Crippen molar-refractivity contribution in [1.29, 1.82) is 5.26 Å². The van der Waals surface area contributed by atoms with E-state index in [0.717, 1.165) is 34.3 Å². The van der Waals surface area contributed by atoms with Gasteiger partial charge in [-0.25, -0.2) is 9.97 Å². The second-order valence-electron chi connectivity index (χ2n) is 5.59. The van der Waals surface area contributed by atoms with E-state index in [1.807, 2.05) is 42.5 Å². The van der Waals surface area contributed by atoms with Crippen LogP contribution in [0.4, 0.5) is 0 Å². The Balaban J connectivity index is 2.09. The third kappa shape index (κ3) is 2.06. The summed E-state index contributed by atoms with van der Waals surface area (Å²) < 4.78 is 7.59. The van der Waals surface area contributed by atoms with Crippen LogP contribution in [0.25, 0.3) is 27.7 Å². The molecular weight excluding hydrogens is 302 g/mol. The van der Waals surface area contributed by atoms with E-state index in [-0.39, 0.29) is 0 Å². The molecule has 3 aromatic heterocycles. The quantitative estimate of drug-likeness (QED) is 0.579. The predicted molar refractivity (Wildman–Crippen MR) is 91.0 cm³/mol. The van der Waals surface area contributed by atoms with Gasteiger partial charge in [-0.3, -0.25) is 4.40 Å². The third-order valence-electron chi connectivity index (χ3n) is 3.92. The molecule has 0 aliphatic carbocycles. The van der Waals surface area contributed by atoms with Crippen molar-refractivity contribution in [3.05, 3.63) is 41.7 Å². The van der Waals surface area contributed by atoms with Crippen molar-refractivity contribution in [2.24, 2.45) is 0 Å². The number of nitrogens with zero attached hydrogens (tertiary/aromatic N) is 5. The lowest BCUT2D eigenvalue weighted by molar-refractivity contribution is 0.305. The molecule has 4 aromatic rings. The molecule has 0 saturated heterocycles. The highest BCUT2D eigenvalue weighted by molar-refractivity contribution is 5.95. The van der Waals surface area contributed by atoms with Gasteiger partial charge in [0, 0.05) is 0 Å². The highest BCUT2D eigenvalue weighted by Crippen LogP contribution is 2.27. The smallest absolute Gasteiger partial charge is 0.233 e. The molecule has 0 unspecified atom stereocenters. The molecule has 24 heavy (non-hydrogen) atoms. The summed E-state index contributed by atoms with van der Waals surface area (Å²) in [7, 11) is 0. The van der Waals surface area contributed by atoms with Crippen LogP contribution in [0.3, 0.4) is 0 Å². The molecule has 3 heterocycles. The van der Waals surface area contributed by atoms with Gasteiger partial charge in [-0.1, -0.05) is 19.1 Å². The summed E-state index contributed by atoms with van der Waals surface area (Å²) in [5.41, 5.74) is 3.57. The van der Waals surface area contributed by atoms with Crippen LogP contribution in [0.1, 0.15) is 24.7 Å². The molecule has 0 aliphatic heterocycles. The van der Waals surface area contributed by atoms with Crippen molar-refractivity contribution < 1.29 is 4.74 Å². The highest BCUT2D eigenvalue weighted by Gasteiger charge is 2.16. The molecule has 0 radical (unpaired) electrons. The van der Waals surface area contributed by atoms with Crippen LogP contribution in [0.2, 0.25) is 0 Å². The number of aryl methyl sites for hydroxylation is 1. The number of hydrogen-bond acceptors (Lipinski definition) is 5. The summed E-state index contributed by atoms with van der Waals surface area (Å²) in [6, 6.07) is 11.8. The second kappa shape index (κ2) is 5.46. The lowest BCUT2D eigenvalue weighted by atomic mass is 10.2. The van der Waals surface area contributed by atoms with Crippen LogP contribution in [0, 0.1) is 18.3 Å². The molecule has 0 N–H and O–H groups in total. The monoisotopic (exact) mass is 317 g/mol. The zero-order valence-corrected chi connectivity index (χ0v) is 13.4. The first-order valence-electron chi connectivity index (χ1n) is 7.84. The topological polar surface area (TPSA) is 76.1 Å². The van der Waals surface area contributed by atoms with Crippen molar-refractivity contribution in [3.63, 3.8) is 0 Å². The number of ether oxygens (including phenoxy) is 1. The van der Waals surface area contributed by atoms with Crippen molar-refractivity contribution >= 4 is 27.7 Å². The maximum atomic E-state index is 9.43. The van der Waals surface area contributed by atoms with Crippen LogP contribution < -0.4 is 4.74 Å². The summed E-state index contributed by atoms with van der Waals surface area (Å²) in [5, 5.41) is 10.2. The highest BCUT2D eigenvalue weighted by atomic mass is 16.5. The van der Waals surface area contributed by atoms with Gasteiger partial charge in [0.15, 0.2) is 11.3 Å². The maximum Gasteiger partial charge on any atom is 0.233 e. The van der Waals surface area contributed by atoms with Gasteiger partial charge in [-0.15, -0.1) is 0 Å². The Kier molecular flexibility index (Phi) is 3.28. The number of aromatic nitrogens is 4. The van der Waals surface area contributed by atoms with Gasteiger partial charge < -0.3 is 4.74 Å². The number of rotatable bonds is 3. The number of hydrogen-bond donors (Lipinski definition) is 0. The molecule has 0 spiro atoms. The molecular formula is C18H15N5O. The van der Waals surface area contributed by atoms with Crippen molar-refractivity contribution in [2.45, 2.75) is 20.3 Å². The van der Waals surface area contributed by atoms with Gasteiger partial charge in [0.05, 0.1) is 23.0 Å². The SMILES string of the molecule is CCCOc1nc2nc(C)n3c4ccccc4nc3c2cc1C#N. The number of fused-ring (bicyclic) bond motifs is 5. The van der Waals surface area contributed by atoms with Crippen LogP contribution in [0.15, 0.2) is 30.3 Å². The fraction of sp³-hybridized carbons (Fsp3) is 0.222. The normalized spacial score (nSPS) is 11.2. The Morgan fingerprint density at radius 3 is 2.83 bits per heavy atom. The molecule has 0 atom stereocenters. The molecule has 6 heteroatoms. The molecule has 0 bridgehead atoms. The molecule has 118 valence electrons. The Labute approximate surface area is 138 Å². The zero-order valence-electron chi connectivity index (χ0n) is 13.4. The minimum Gasteiger partial charge on any atom is -0.477 e. The van der Waals surface area contributed by atoms with E-state index in [1.165, 1.54) is 0 Å². The van der Waals surface area contributed by atoms with Crippen LogP contribution in [-0.2, 0) is 0 Å². The van der Waals surface area contributed by atoms with Gasteiger partial charge in [0.2, 0.25) is 5.88 Å². The fourth-order valence-electron chi connectivity index (χ4n) is 2.86. The van der Waals surface area contributed by atoms with E-state index in [0.29, 0.717) is 23.7 Å². The van der Waals surface area contributed by atoms with Crippen LogP contribution >= 0.6 is 0 Å². The average Bonchev–Trinajstić information content (AvgIpc) is 2.99. The number of benzene rings is 1. The Hall–Kier alpha value is -3.20. The van der Waals surface area contributed by atoms with E-state index in [2.05, 4.69) is 16.0 Å². The summed E-state index contributed by atoms with van der Waals surface area (Å²) in [4.78, 5) is 13.8. The first-order valence-corrected chi connectivity index (χ1v) is 7.84. The van der Waals surface area contributed by atoms with E-state index in [9.17, 15) is 5.26 Å². The van der Waals surface area contributed by atoms with E-state index in [4.69, 9.17) is 9.72 Å². The Morgan fingerprint density at radius 2 is 2.04 bits per heavy atom. The molecule has 0 saturated carbocycles. The molecule has 6 nitrogen and oxygen atoms in total. The largest absolute Gasteiger partial charge is 0.477 e. The fourth-order valence-corrected chi connectivity index (χ4v) is 2.86. The van der Waals surface area contributed by atoms with Crippen LogP contribution in [-0.4, -0.2) is 26.0 Å². The number of imidazole rings is 1. The first kappa shape index (κ1) is 14.4. The zero-order chi connectivity index (χ0) is 16.7. The van der Waals surface area contributed by atoms with Gasteiger partial charge in [0.25, 0.3) is 0 Å². The standard InChI is InChI=1S/C18H15N5O/c1-3-8-24-18-12(10-19)9-13-16(22-18)20-11(2)23-15-7-5-4-6-14(15)21-17(13)23/h4-7,9H,3,8H2,1-2H3. The predicted octanol–water partition coefficient (Wildman–Crippen LogP) is 3.40. The van der Waals surface area contributed by atoms with Crippen molar-refractivity contribution in [2.75, 3.05) is 6.61 Å². The van der Waals surface area contributed by atoms with Gasteiger partial charge in [-0.05, 0) is 31.5 Å². The third-order valence-corrected chi connectivity index (χ3v) is 3.92. The molecule has 0 fully saturated rings. The minimum atomic E-state index is 0.333. The Bertz CT molecular complexity index is 1120. The maximum absolute atomic E-state index is 9.43. The first-order chi connectivity index (χ1) is 11.7. The van der Waals surface area contributed by atoms with Gasteiger partial charge >= 0.3 is 0 Å². The van der Waals surface area contributed by atoms with E-state index in [1.54, 1.807) is 6.07 Å². The van der Waals surface area contributed by atoms with Gasteiger partial charge in [-0.2, -0.15) is 10.2 Å². The molecule has 0 aliphatic rings. The van der Waals surface area contributed by atoms with E-state index < -0.39 is 0 Å². The van der Waals surface area contributed by atoms with Crippen LogP contribution in [0.5, 0.6) is 5.88 Å². The summed E-state index contributed by atoms with van der Waals surface area (Å²) in [6.07, 6.45) is 0.849. The number of pyridine rings is 1. The van der Waals surface area contributed by atoms with E-state index >= 15 is 0 Å². The molecule has 4 rings (SSSR count). The molecule has 1 aromatic carbocycles. The number of nitriles is 1. The van der Waals surface area contributed by atoms with Crippen molar-refractivity contribution in [1.82, 2.24) is 19.4 Å². The summed E-state index contributed by atoms with van der Waals surface area (Å²) >= 11 is 0. The van der Waals surface area contributed by atoms with Crippen molar-refractivity contribution in [3.8, 4) is 11.9 Å².